The molecular weight excluding hydrogens is 301 g/mol. The molecule has 0 saturated carbocycles. The predicted octanol–water partition coefficient (Wildman–Crippen LogP) is 1.37. The molecule has 0 fully saturated rings. The number of aromatic nitrogens is 2. The minimum atomic E-state index is -0.480. The standard InChI is InChI=1S/C7H4IN3O3/c8-3-1-4-5(10-7(12)9-4)2-6(3)11(13)14/h1-2H,(H2,9,10,12). The van der Waals surface area contributed by atoms with Gasteiger partial charge in [-0.05, 0) is 28.7 Å². The van der Waals surface area contributed by atoms with E-state index in [4.69, 9.17) is 0 Å². The van der Waals surface area contributed by atoms with Crippen molar-refractivity contribution in [2.75, 3.05) is 0 Å². The lowest BCUT2D eigenvalue weighted by atomic mass is 10.3. The lowest BCUT2D eigenvalue weighted by molar-refractivity contribution is -0.385. The van der Waals surface area contributed by atoms with E-state index in [1.54, 1.807) is 6.07 Å². The van der Waals surface area contributed by atoms with Crippen LogP contribution in [0.4, 0.5) is 5.69 Å². The normalized spacial score (nSPS) is 10.6. The number of imidazole rings is 1. The van der Waals surface area contributed by atoms with Gasteiger partial charge in [0.15, 0.2) is 0 Å². The maximum Gasteiger partial charge on any atom is 0.323 e. The second-order valence-corrected chi connectivity index (χ2v) is 3.85. The number of nitrogens with one attached hydrogen (secondary N) is 2. The summed E-state index contributed by atoms with van der Waals surface area (Å²) in [4.78, 5) is 26.0. The molecule has 14 heavy (non-hydrogen) atoms. The Bertz CT molecular complexity index is 571. The molecule has 0 aliphatic rings. The molecule has 2 rings (SSSR count). The lowest BCUT2D eigenvalue weighted by Crippen LogP contribution is -1.99. The maximum atomic E-state index is 10.9. The number of aromatic amines is 2. The van der Waals surface area contributed by atoms with Crippen LogP contribution in [0.5, 0.6) is 0 Å². The number of H-pyrrole nitrogens is 2. The van der Waals surface area contributed by atoms with Crippen molar-refractivity contribution in [1.29, 1.82) is 0 Å². The molecule has 7 heteroatoms. The van der Waals surface area contributed by atoms with Crippen molar-refractivity contribution >= 4 is 39.3 Å². The highest BCUT2D eigenvalue weighted by Gasteiger charge is 2.13. The molecular formula is C7H4IN3O3. The molecule has 1 aromatic carbocycles. The van der Waals surface area contributed by atoms with Gasteiger partial charge in [-0.1, -0.05) is 0 Å². The fourth-order valence-electron chi connectivity index (χ4n) is 1.18. The Morgan fingerprint density at radius 3 is 2.43 bits per heavy atom. The van der Waals surface area contributed by atoms with Gasteiger partial charge < -0.3 is 9.97 Å². The van der Waals surface area contributed by atoms with Gasteiger partial charge in [0, 0.05) is 6.07 Å². The number of nitro groups is 1. The van der Waals surface area contributed by atoms with E-state index in [9.17, 15) is 14.9 Å². The number of nitrogens with zero attached hydrogens (tertiary/aromatic N) is 1. The van der Waals surface area contributed by atoms with Crippen LogP contribution < -0.4 is 5.69 Å². The van der Waals surface area contributed by atoms with Crippen molar-refractivity contribution in [1.82, 2.24) is 9.97 Å². The van der Waals surface area contributed by atoms with Crippen molar-refractivity contribution < 1.29 is 4.92 Å². The quantitative estimate of drug-likeness (QED) is 0.473. The molecule has 0 saturated heterocycles. The third-order valence-electron chi connectivity index (χ3n) is 1.78. The number of fused-ring (bicyclic) bond motifs is 1. The van der Waals surface area contributed by atoms with E-state index in [1.165, 1.54) is 6.07 Å². The highest BCUT2D eigenvalue weighted by Crippen LogP contribution is 2.24. The fourth-order valence-corrected chi connectivity index (χ4v) is 1.85. The van der Waals surface area contributed by atoms with Gasteiger partial charge in [0.25, 0.3) is 5.69 Å². The fraction of sp³-hybridized carbons (Fsp3) is 0. The molecule has 0 spiro atoms. The SMILES string of the molecule is O=c1[nH]c2cc(I)c([N+](=O)[O-])cc2[nH]1. The van der Waals surface area contributed by atoms with E-state index in [1.807, 2.05) is 22.6 Å². The Balaban J connectivity index is 2.82. The van der Waals surface area contributed by atoms with Crippen LogP contribution in [-0.2, 0) is 0 Å². The molecule has 0 bridgehead atoms. The second kappa shape index (κ2) is 3.08. The summed E-state index contributed by atoms with van der Waals surface area (Å²) in [5, 5.41) is 10.6. The summed E-state index contributed by atoms with van der Waals surface area (Å²) < 4.78 is 0.496. The van der Waals surface area contributed by atoms with Gasteiger partial charge in [0.1, 0.15) is 0 Å². The first-order chi connectivity index (χ1) is 6.58. The molecule has 1 aromatic heterocycles. The van der Waals surface area contributed by atoms with Crippen LogP contribution in [0.25, 0.3) is 11.0 Å². The van der Waals surface area contributed by atoms with Crippen molar-refractivity contribution in [3.05, 3.63) is 36.3 Å². The number of rotatable bonds is 1. The monoisotopic (exact) mass is 305 g/mol. The first kappa shape index (κ1) is 9.19. The third kappa shape index (κ3) is 1.39. The summed E-state index contributed by atoms with van der Waals surface area (Å²) in [5.41, 5.74) is 0.650. The summed E-state index contributed by atoms with van der Waals surface area (Å²) in [6.45, 7) is 0. The average molecular weight is 305 g/mol. The Morgan fingerprint density at radius 2 is 1.86 bits per heavy atom. The zero-order valence-corrected chi connectivity index (χ0v) is 8.86. The van der Waals surface area contributed by atoms with Gasteiger partial charge in [0.05, 0.1) is 19.5 Å². The smallest absolute Gasteiger partial charge is 0.306 e. The third-order valence-corrected chi connectivity index (χ3v) is 2.64. The van der Waals surface area contributed by atoms with Crippen LogP contribution in [0.15, 0.2) is 16.9 Å². The van der Waals surface area contributed by atoms with E-state index in [2.05, 4.69) is 9.97 Å². The zero-order chi connectivity index (χ0) is 10.3. The highest BCUT2D eigenvalue weighted by molar-refractivity contribution is 14.1. The van der Waals surface area contributed by atoms with Gasteiger partial charge in [-0.25, -0.2) is 4.79 Å². The van der Waals surface area contributed by atoms with Crippen LogP contribution in [0.2, 0.25) is 0 Å². The summed E-state index contributed by atoms with van der Waals surface area (Å²) >= 11 is 1.86. The number of benzene rings is 1. The summed E-state index contributed by atoms with van der Waals surface area (Å²) in [6, 6.07) is 2.90. The molecule has 2 N–H and O–H groups in total. The summed E-state index contributed by atoms with van der Waals surface area (Å²) in [7, 11) is 0. The number of hydrogen-bond donors (Lipinski definition) is 2. The minimum Gasteiger partial charge on any atom is -0.306 e. The Hall–Kier alpha value is -1.38. The van der Waals surface area contributed by atoms with Crippen LogP contribution in [0.1, 0.15) is 0 Å². The van der Waals surface area contributed by atoms with E-state index in [0.29, 0.717) is 14.6 Å². The molecule has 0 radical (unpaired) electrons. The van der Waals surface area contributed by atoms with Crippen LogP contribution in [0.3, 0.4) is 0 Å². The molecule has 0 amide bonds. The average Bonchev–Trinajstić information content (AvgIpc) is 2.42. The highest BCUT2D eigenvalue weighted by atomic mass is 127. The largest absolute Gasteiger partial charge is 0.323 e. The van der Waals surface area contributed by atoms with Gasteiger partial charge in [-0.15, -0.1) is 0 Å². The first-order valence-electron chi connectivity index (χ1n) is 3.64. The number of halogens is 1. The van der Waals surface area contributed by atoms with Crippen molar-refractivity contribution in [3.63, 3.8) is 0 Å². The molecule has 2 aromatic rings. The van der Waals surface area contributed by atoms with Gasteiger partial charge in [0.2, 0.25) is 0 Å². The molecule has 72 valence electrons. The van der Waals surface area contributed by atoms with Crippen LogP contribution >= 0.6 is 22.6 Å². The van der Waals surface area contributed by atoms with Crippen molar-refractivity contribution in [3.8, 4) is 0 Å². The van der Waals surface area contributed by atoms with Crippen LogP contribution in [0, 0.1) is 13.7 Å². The van der Waals surface area contributed by atoms with Gasteiger partial charge in [-0.2, -0.15) is 0 Å². The van der Waals surface area contributed by atoms with Gasteiger partial charge in [-0.3, -0.25) is 10.1 Å². The Morgan fingerprint density at radius 1 is 1.29 bits per heavy atom. The predicted molar refractivity (Wildman–Crippen MR) is 58.3 cm³/mol. The summed E-state index contributed by atoms with van der Waals surface area (Å²) in [5.74, 6) is 0. The molecule has 6 nitrogen and oxygen atoms in total. The topological polar surface area (TPSA) is 91.8 Å². The molecule has 0 aliphatic heterocycles. The molecule has 0 aliphatic carbocycles. The van der Waals surface area contributed by atoms with Gasteiger partial charge >= 0.3 is 5.69 Å². The van der Waals surface area contributed by atoms with Crippen molar-refractivity contribution in [2.24, 2.45) is 0 Å². The maximum absolute atomic E-state index is 10.9. The Kier molecular flexibility index (Phi) is 2.02. The molecule has 1 heterocycles. The van der Waals surface area contributed by atoms with E-state index >= 15 is 0 Å². The minimum absolute atomic E-state index is 0.00616. The van der Waals surface area contributed by atoms with E-state index in [0.717, 1.165) is 0 Å². The number of hydrogen-bond acceptors (Lipinski definition) is 3. The second-order valence-electron chi connectivity index (χ2n) is 2.69. The number of nitro benzene ring substituents is 1. The van der Waals surface area contributed by atoms with E-state index in [-0.39, 0.29) is 11.4 Å². The summed E-state index contributed by atoms with van der Waals surface area (Å²) in [6.07, 6.45) is 0. The van der Waals surface area contributed by atoms with E-state index < -0.39 is 4.92 Å². The van der Waals surface area contributed by atoms with Crippen LogP contribution in [-0.4, -0.2) is 14.9 Å². The molecule has 0 atom stereocenters. The molecule has 0 unspecified atom stereocenters. The van der Waals surface area contributed by atoms with Crippen molar-refractivity contribution in [2.45, 2.75) is 0 Å². The Labute approximate surface area is 90.6 Å². The first-order valence-corrected chi connectivity index (χ1v) is 4.72. The lowest BCUT2D eigenvalue weighted by Gasteiger charge is -1.94. The zero-order valence-electron chi connectivity index (χ0n) is 6.70.